The van der Waals surface area contributed by atoms with Gasteiger partial charge >= 0.3 is 0 Å². The molecule has 2 fully saturated rings. The van der Waals surface area contributed by atoms with E-state index < -0.39 is 0 Å². The van der Waals surface area contributed by atoms with Crippen molar-refractivity contribution in [2.24, 2.45) is 11.3 Å². The zero-order valence-corrected chi connectivity index (χ0v) is 9.46. The van der Waals surface area contributed by atoms with Crippen LogP contribution in [0, 0.1) is 11.3 Å². The molecule has 1 heterocycles. The molecule has 0 unspecified atom stereocenters. The first-order valence-corrected chi connectivity index (χ1v) is 5.95. The second-order valence-electron chi connectivity index (χ2n) is 5.20. The lowest BCUT2D eigenvalue weighted by Crippen LogP contribution is -2.35. The van der Waals surface area contributed by atoms with Gasteiger partial charge in [0.1, 0.15) is 0 Å². The van der Waals surface area contributed by atoms with Crippen molar-refractivity contribution in [2.75, 3.05) is 0 Å². The summed E-state index contributed by atoms with van der Waals surface area (Å²) in [6.07, 6.45) is 9.44. The predicted molar refractivity (Wildman–Crippen MR) is 59.2 cm³/mol. The zero-order chi connectivity index (χ0) is 10.2. The lowest BCUT2D eigenvalue weighted by atomic mass is 9.64. The number of hydrogen-bond donors (Lipinski definition) is 0. The molecule has 2 rings (SSSR count). The van der Waals surface area contributed by atoms with Crippen molar-refractivity contribution < 1.29 is 4.74 Å². The monoisotopic (exact) mass is 194 g/mol. The van der Waals surface area contributed by atoms with Crippen molar-refractivity contribution in [3.8, 4) is 0 Å². The third-order valence-corrected chi connectivity index (χ3v) is 4.48. The maximum Gasteiger partial charge on any atom is 0.0647 e. The van der Waals surface area contributed by atoms with E-state index in [1.54, 1.807) is 0 Å². The first-order valence-electron chi connectivity index (χ1n) is 5.95. The van der Waals surface area contributed by atoms with Gasteiger partial charge in [-0.2, -0.15) is 0 Å². The molecule has 0 aromatic heterocycles. The van der Waals surface area contributed by atoms with Crippen molar-refractivity contribution in [3.05, 3.63) is 12.7 Å². The summed E-state index contributed by atoms with van der Waals surface area (Å²) in [5.74, 6) is 0.782. The molecule has 0 radical (unpaired) electrons. The highest BCUT2D eigenvalue weighted by molar-refractivity contribution is 5.01. The standard InChI is InChI=1S/C13H22O/c1-4-7-12-11-8-5-6-9-13(11,3)10(2)14-12/h4,10-12H,1,5-9H2,2-3H3/t10-,11+,12-,13-/m1/s1. The van der Waals surface area contributed by atoms with Gasteiger partial charge in [-0.25, -0.2) is 0 Å². The number of fused-ring (bicyclic) bond motifs is 1. The third-order valence-electron chi connectivity index (χ3n) is 4.48. The van der Waals surface area contributed by atoms with E-state index in [9.17, 15) is 0 Å². The van der Waals surface area contributed by atoms with Crippen LogP contribution in [0.3, 0.4) is 0 Å². The normalized spacial score (nSPS) is 47.4. The third kappa shape index (κ3) is 1.42. The van der Waals surface area contributed by atoms with Gasteiger partial charge < -0.3 is 4.74 Å². The molecule has 0 amide bonds. The van der Waals surface area contributed by atoms with Crippen LogP contribution in [0.2, 0.25) is 0 Å². The van der Waals surface area contributed by atoms with Crippen LogP contribution in [-0.4, -0.2) is 12.2 Å². The molecule has 0 aromatic rings. The minimum Gasteiger partial charge on any atom is -0.374 e. The summed E-state index contributed by atoms with van der Waals surface area (Å²) in [5.41, 5.74) is 0.450. The molecule has 1 aliphatic carbocycles. The molecule has 1 nitrogen and oxygen atoms in total. The summed E-state index contributed by atoms with van der Waals surface area (Å²) in [5, 5.41) is 0. The molecule has 0 bridgehead atoms. The Morgan fingerprint density at radius 2 is 2.29 bits per heavy atom. The molecular formula is C13H22O. The van der Waals surface area contributed by atoms with Crippen LogP contribution >= 0.6 is 0 Å². The predicted octanol–water partition coefficient (Wildman–Crippen LogP) is 3.55. The van der Waals surface area contributed by atoms with E-state index in [4.69, 9.17) is 4.74 Å². The van der Waals surface area contributed by atoms with Gasteiger partial charge in [0, 0.05) is 0 Å². The number of rotatable bonds is 2. The summed E-state index contributed by atoms with van der Waals surface area (Å²) in [4.78, 5) is 0. The Balaban J connectivity index is 2.16. The maximum absolute atomic E-state index is 6.08. The summed E-state index contributed by atoms with van der Waals surface area (Å²) >= 11 is 0. The smallest absolute Gasteiger partial charge is 0.0647 e. The molecule has 14 heavy (non-hydrogen) atoms. The molecule has 1 saturated carbocycles. The van der Waals surface area contributed by atoms with Gasteiger partial charge in [0.2, 0.25) is 0 Å². The van der Waals surface area contributed by atoms with Crippen molar-refractivity contribution >= 4 is 0 Å². The second kappa shape index (κ2) is 3.69. The Labute approximate surface area is 87.5 Å². The van der Waals surface area contributed by atoms with E-state index in [-0.39, 0.29) is 0 Å². The van der Waals surface area contributed by atoms with Gasteiger partial charge in [-0.15, -0.1) is 6.58 Å². The van der Waals surface area contributed by atoms with Crippen LogP contribution < -0.4 is 0 Å². The summed E-state index contributed by atoms with van der Waals surface area (Å²) < 4.78 is 6.08. The van der Waals surface area contributed by atoms with Gasteiger partial charge in [0.15, 0.2) is 0 Å². The van der Waals surface area contributed by atoms with Crippen LogP contribution in [0.1, 0.15) is 46.0 Å². The molecule has 1 heteroatoms. The minimum atomic E-state index is 0.442. The van der Waals surface area contributed by atoms with Gasteiger partial charge in [0.25, 0.3) is 0 Å². The fourth-order valence-corrected chi connectivity index (χ4v) is 3.40. The Bertz CT molecular complexity index is 223. The molecule has 80 valence electrons. The van der Waals surface area contributed by atoms with Crippen molar-refractivity contribution in [2.45, 2.75) is 58.2 Å². The van der Waals surface area contributed by atoms with Crippen molar-refractivity contribution in [3.63, 3.8) is 0 Å². The zero-order valence-electron chi connectivity index (χ0n) is 9.46. The van der Waals surface area contributed by atoms with Gasteiger partial charge in [-0.05, 0) is 37.5 Å². The molecule has 1 aliphatic heterocycles. The first-order chi connectivity index (χ1) is 6.68. The second-order valence-corrected chi connectivity index (χ2v) is 5.20. The Morgan fingerprint density at radius 1 is 1.50 bits per heavy atom. The Kier molecular flexibility index (Phi) is 2.70. The topological polar surface area (TPSA) is 9.23 Å². The van der Waals surface area contributed by atoms with Crippen LogP contribution in [-0.2, 0) is 4.74 Å². The van der Waals surface area contributed by atoms with Crippen LogP contribution in [0.5, 0.6) is 0 Å². The lowest BCUT2D eigenvalue weighted by Gasteiger charge is -2.38. The fraction of sp³-hybridized carbons (Fsp3) is 0.846. The first kappa shape index (κ1) is 10.2. The van der Waals surface area contributed by atoms with E-state index >= 15 is 0 Å². The molecule has 0 spiro atoms. The summed E-state index contributed by atoms with van der Waals surface area (Å²) in [7, 11) is 0. The van der Waals surface area contributed by atoms with E-state index in [1.807, 2.05) is 6.08 Å². The van der Waals surface area contributed by atoms with Crippen molar-refractivity contribution in [1.29, 1.82) is 0 Å². The van der Waals surface area contributed by atoms with Crippen LogP contribution in [0.25, 0.3) is 0 Å². The molecular weight excluding hydrogens is 172 g/mol. The highest BCUT2D eigenvalue weighted by atomic mass is 16.5. The van der Waals surface area contributed by atoms with E-state index in [2.05, 4.69) is 20.4 Å². The quantitative estimate of drug-likeness (QED) is 0.611. The Morgan fingerprint density at radius 3 is 3.00 bits per heavy atom. The van der Waals surface area contributed by atoms with Crippen molar-refractivity contribution in [1.82, 2.24) is 0 Å². The fourth-order valence-electron chi connectivity index (χ4n) is 3.40. The maximum atomic E-state index is 6.08. The molecule has 0 N–H and O–H groups in total. The number of ether oxygens (including phenoxy) is 1. The van der Waals surface area contributed by atoms with E-state index in [0.29, 0.717) is 17.6 Å². The van der Waals surface area contributed by atoms with Gasteiger partial charge in [-0.1, -0.05) is 25.8 Å². The Hall–Kier alpha value is -0.300. The highest BCUT2D eigenvalue weighted by Gasteiger charge is 2.51. The molecule has 0 aromatic carbocycles. The van der Waals surface area contributed by atoms with Gasteiger partial charge in [0.05, 0.1) is 12.2 Å². The highest BCUT2D eigenvalue weighted by Crippen LogP contribution is 2.52. The van der Waals surface area contributed by atoms with Crippen LogP contribution in [0.15, 0.2) is 12.7 Å². The SMILES string of the molecule is C=CC[C@H]1O[C@H](C)[C@@]2(C)CCCC[C@@H]12. The minimum absolute atomic E-state index is 0.442. The molecule has 2 aliphatic rings. The summed E-state index contributed by atoms with van der Waals surface area (Å²) in [6.45, 7) is 8.50. The number of hydrogen-bond acceptors (Lipinski definition) is 1. The largest absolute Gasteiger partial charge is 0.374 e. The molecule has 1 saturated heterocycles. The summed E-state index contributed by atoms with van der Waals surface area (Å²) in [6, 6.07) is 0. The van der Waals surface area contributed by atoms with E-state index in [0.717, 1.165) is 12.3 Å². The van der Waals surface area contributed by atoms with E-state index in [1.165, 1.54) is 25.7 Å². The lowest BCUT2D eigenvalue weighted by molar-refractivity contribution is 0.0274. The van der Waals surface area contributed by atoms with Crippen LogP contribution in [0.4, 0.5) is 0 Å². The average molecular weight is 194 g/mol. The average Bonchev–Trinajstić information content (AvgIpc) is 2.41. The van der Waals surface area contributed by atoms with Gasteiger partial charge in [-0.3, -0.25) is 0 Å². The molecule has 4 atom stereocenters.